The molecule has 1 saturated carbocycles. The van der Waals surface area contributed by atoms with E-state index in [1.165, 1.54) is 31.2 Å². The lowest BCUT2D eigenvalue weighted by Gasteiger charge is -2.45. The van der Waals surface area contributed by atoms with Crippen LogP contribution in [-0.4, -0.2) is 73.1 Å². The summed E-state index contributed by atoms with van der Waals surface area (Å²) < 4.78 is 64.5. The first-order valence-electron chi connectivity index (χ1n) is 14.3. The molecular weight excluding hydrogens is 548 g/mol. The van der Waals surface area contributed by atoms with Gasteiger partial charge in [-0.2, -0.15) is 9.40 Å². The number of piperidine rings is 1. The minimum absolute atomic E-state index is 0.138. The van der Waals surface area contributed by atoms with Gasteiger partial charge in [0, 0.05) is 37.9 Å². The van der Waals surface area contributed by atoms with Gasteiger partial charge in [0.2, 0.25) is 10.0 Å². The largest absolute Gasteiger partial charge is 0.380 e. The van der Waals surface area contributed by atoms with Crippen molar-refractivity contribution >= 4 is 21.9 Å². The lowest BCUT2D eigenvalue weighted by molar-refractivity contribution is 0.0358. The van der Waals surface area contributed by atoms with Crippen molar-refractivity contribution in [1.29, 1.82) is 0 Å². The number of ether oxygens (including phenoxy) is 1. The summed E-state index contributed by atoms with van der Waals surface area (Å²) in [6, 6.07) is 9.50. The molecule has 2 atom stereocenters. The maximum atomic E-state index is 13.8. The molecule has 216 valence electrons. The topological polar surface area (TPSA) is 80.6 Å². The summed E-state index contributed by atoms with van der Waals surface area (Å²) in [6.07, 6.45) is 8.45. The fourth-order valence-corrected chi connectivity index (χ4v) is 7.78. The van der Waals surface area contributed by atoms with Gasteiger partial charge in [-0.05, 0) is 86.1 Å². The van der Waals surface area contributed by atoms with Crippen molar-refractivity contribution in [3.05, 3.63) is 71.4 Å². The molecule has 4 aliphatic rings. The summed E-state index contributed by atoms with van der Waals surface area (Å²) in [5.74, 6) is 0.884. The van der Waals surface area contributed by atoms with Crippen LogP contribution in [0.25, 0.3) is 11.8 Å². The van der Waals surface area contributed by atoms with Crippen LogP contribution in [0.5, 0.6) is 0 Å². The number of fused-ring (bicyclic) bond motifs is 2. The highest BCUT2D eigenvalue weighted by Gasteiger charge is 2.46. The number of hydrogen-bond donors (Lipinski definition) is 0. The second kappa shape index (κ2) is 10.3. The van der Waals surface area contributed by atoms with Crippen molar-refractivity contribution in [2.45, 2.75) is 43.2 Å². The minimum Gasteiger partial charge on any atom is -0.380 e. The molecule has 0 unspecified atom stereocenters. The van der Waals surface area contributed by atoms with Crippen molar-refractivity contribution in [2.75, 3.05) is 44.3 Å². The van der Waals surface area contributed by atoms with Gasteiger partial charge in [-0.25, -0.2) is 26.9 Å². The van der Waals surface area contributed by atoms with Gasteiger partial charge in [0.05, 0.1) is 30.7 Å². The molecule has 4 heterocycles. The van der Waals surface area contributed by atoms with Crippen LogP contribution in [0.1, 0.15) is 36.9 Å². The Morgan fingerprint density at radius 1 is 1.05 bits per heavy atom. The summed E-state index contributed by atoms with van der Waals surface area (Å²) in [5, 5.41) is 4.61. The van der Waals surface area contributed by atoms with Crippen LogP contribution in [0.2, 0.25) is 0 Å². The SMILES string of the molecule is O=S(=O)(c1ccc(N2CC[C@H](F)C2)nc1)N1CCC2=Cc3c(cnn3-c3ccc(F)cc3)C[C@]2(COCC2CC2)C1. The number of alkyl halides is 1. The Bertz CT molecular complexity index is 1570. The summed E-state index contributed by atoms with van der Waals surface area (Å²) >= 11 is 0. The first kappa shape index (κ1) is 26.7. The standard InChI is InChI=1S/C30H33F2N5O3S/c31-24-3-5-26(6-4-24)37-28-13-23-9-12-36(19-30(23,14-22(28)15-34-37)20-40-18-21-1-2-21)41(38,39)27-7-8-29(33-16-27)35-11-10-25(32)17-35/h3-8,13,15-16,21,25H,1-2,9-12,14,17-20H2/t25-,30+/m0/s1. The maximum absolute atomic E-state index is 13.8. The van der Waals surface area contributed by atoms with E-state index in [0.29, 0.717) is 63.8 Å². The van der Waals surface area contributed by atoms with Gasteiger partial charge >= 0.3 is 0 Å². The molecule has 2 aliphatic carbocycles. The summed E-state index contributed by atoms with van der Waals surface area (Å²) in [6.45, 7) is 2.61. The molecule has 7 rings (SSSR count). The molecular formula is C30H33F2N5O3S. The monoisotopic (exact) mass is 581 g/mol. The number of nitrogens with zero attached hydrogens (tertiary/aromatic N) is 5. The van der Waals surface area contributed by atoms with Gasteiger partial charge in [0.1, 0.15) is 22.7 Å². The van der Waals surface area contributed by atoms with E-state index in [2.05, 4.69) is 16.2 Å². The maximum Gasteiger partial charge on any atom is 0.244 e. The first-order chi connectivity index (χ1) is 19.8. The zero-order valence-corrected chi connectivity index (χ0v) is 23.6. The number of hydrogen-bond acceptors (Lipinski definition) is 6. The zero-order chi connectivity index (χ0) is 28.2. The number of halogens is 2. The number of rotatable bonds is 8. The number of anilines is 1. The lowest BCUT2D eigenvalue weighted by atomic mass is 9.69. The van der Waals surface area contributed by atoms with E-state index in [0.717, 1.165) is 22.5 Å². The third kappa shape index (κ3) is 5.08. The Balaban J connectivity index is 1.17. The highest BCUT2D eigenvalue weighted by Crippen LogP contribution is 2.46. The number of sulfonamides is 1. The Kier molecular flexibility index (Phi) is 6.71. The van der Waals surface area contributed by atoms with E-state index < -0.39 is 21.6 Å². The number of pyridine rings is 1. The van der Waals surface area contributed by atoms with Crippen LogP contribution in [-0.2, 0) is 21.2 Å². The smallest absolute Gasteiger partial charge is 0.244 e. The van der Waals surface area contributed by atoms with Crippen LogP contribution in [0, 0.1) is 17.2 Å². The van der Waals surface area contributed by atoms with E-state index in [-0.39, 0.29) is 17.3 Å². The van der Waals surface area contributed by atoms with E-state index in [9.17, 15) is 17.2 Å². The molecule has 0 amide bonds. The molecule has 11 heteroatoms. The first-order valence-corrected chi connectivity index (χ1v) is 15.7. The summed E-state index contributed by atoms with van der Waals surface area (Å²) in [7, 11) is -3.81. The average Bonchev–Trinajstić information content (AvgIpc) is 3.56. The van der Waals surface area contributed by atoms with Gasteiger partial charge in [0.15, 0.2) is 0 Å². The fourth-order valence-electron chi connectivity index (χ4n) is 6.31. The third-order valence-corrected chi connectivity index (χ3v) is 10.7. The molecule has 2 saturated heterocycles. The molecule has 0 radical (unpaired) electrons. The van der Waals surface area contributed by atoms with E-state index in [1.807, 2.05) is 15.8 Å². The van der Waals surface area contributed by atoms with Gasteiger partial charge < -0.3 is 9.64 Å². The quantitative estimate of drug-likeness (QED) is 0.392. The third-order valence-electron chi connectivity index (χ3n) is 8.83. The van der Waals surface area contributed by atoms with Crippen LogP contribution in [0.3, 0.4) is 0 Å². The van der Waals surface area contributed by atoms with Crippen LogP contribution < -0.4 is 4.90 Å². The molecule has 3 fully saturated rings. The Morgan fingerprint density at radius 2 is 1.88 bits per heavy atom. The Morgan fingerprint density at radius 3 is 2.59 bits per heavy atom. The number of aromatic nitrogens is 3. The van der Waals surface area contributed by atoms with E-state index >= 15 is 0 Å². The van der Waals surface area contributed by atoms with Gasteiger partial charge in [-0.1, -0.05) is 5.57 Å². The van der Waals surface area contributed by atoms with Crippen molar-refractivity contribution < 1.29 is 21.9 Å². The van der Waals surface area contributed by atoms with E-state index in [1.54, 1.807) is 28.6 Å². The summed E-state index contributed by atoms with van der Waals surface area (Å²) in [5.41, 5.74) is 3.37. The predicted molar refractivity (Wildman–Crippen MR) is 151 cm³/mol. The number of benzene rings is 1. The molecule has 8 nitrogen and oxygen atoms in total. The fraction of sp³-hybridized carbons (Fsp3) is 0.467. The van der Waals surface area contributed by atoms with Crippen molar-refractivity contribution in [3.63, 3.8) is 0 Å². The zero-order valence-electron chi connectivity index (χ0n) is 22.8. The Hall–Kier alpha value is -3.15. The van der Waals surface area contributed by atoms with E-state index in [4.69, 9.17) is 4.74 Å². The molecule has 0 bridgehead atoms. The van der Waals surface area contributed by atoms with Crippen molar-refractivity contribution in [1.82, 2.24) is 19.1 Å². The molecule has 0 N–H and O–H groups in total. The predicted octanol–water partition coefficient (Wildman–Crippen LogP) is 4.40. The molecule has 1 aromatic carbocycles. The van der Waals surface area contributed by atoms with Crippen molar-refractivity contribution in [3.8, 4) is 5.69 Å². The molecule has 2 aliphatic heterocycles. The van der Waals surface area contributed by atoms with Crippen LogP contribution >= 0.6 is 0 Å². The van der Waals surface area contributed by atoms with Crippen LogP contribution in [0.15, 0.2) is 59.3 Å². The second-order valence-corrected chi connectivity index (χ2v) is 13.7. The Labute approximate surface area is 238 Å². The molecule has 0 spiro atoms. The molecule has 2 aromatic heterocycles. The highest BCUT2D eigenvalue weighted by molar-refractivity contribution is 7.89. The van der Waals surface area contributed by atoms with Crippen LogP contribution in [0.4, 0.5) is 14.6 Å². The second-order valence-electron chi connectivity index (χ2n) is 11.8. The molecule has 41 heavy (non-hydrogen) atoms. The summed E-state index contributed by atoms with van der Waals surface area (Å²) in [4.78, 5) is 6.36. The molecule has 3 aromatic rings. The highest BCUT2D eigenvalue weighted by atomic mass is 32.2. The van der Waals surface area contributed by atoms with Crippen molar-refractivity contribution in [2.24, 2.45) is 11.3 Å². The van der Waals surface area contributed by atoms with Gasteiger partial charge in [0.25, 0.3) is 0 Å². The van der Waals surface area contributed by atoms with Gasteiger partial charge in [-0.3, -0.25) is 0 Å². The lowest BCUT2D eigenvalue weighted by Crippen LogP contribution is -2.51. The minimum atomic E-state index is -3.81. The van der Waals surface area contributed by atoms with Gasteiger partial charge in [-0.15, -0.1) is 0 Å². The average molecular weight is 582 g/mol. The normalized spacial score (nSPS) is 24.7.